The number of hydrogen-bond donors (Lipinski definition) is 1. The molecule has 5 nitrogen and oxygen atoms in total. The van der Waals surface area contributed by atoms with Crippen LogP contribution in [0.1, 0.15) is 30.6 Å². The molecule has 0 aliphatic rings. The molecule has 0 radical (unpaired) electrons. The Bertz CT molecular complexity index is 453. The van der Waals surface area contributed by atoms with Crippen LogP contribution in [0.25, 0.3) is 0 Å². The molecule has 1 amide bonds. The van der Waals surface area contributed by atoms with Crippen LogP contribution in [0, 0.1) is 11.3 Å². The van der Waals surface area contributed by atoms with Crippen LogP contribution in [-0.2, 0) is 0 Å². The minimum absolute atomic E-state index is 0.114. The predicted molar refractivity (Wildman–Crippen MR) is 70.2 cm³/mol. The summed E-state index contributed by atoms with van der Waals surface area (Å²) >= 11 is 0. The Kier molecular flexibility index (Phi) is 5.12. The molecule has 1 heterocycles. The number of rotatable bonds is 5. The minimum Gasteiger partial charge on any atom is -0.385 e. The van der Waals surface area contributed by atoms with Gasteiger partial charge >= 0.3 is 0 Å². The van der Waals surface area contributed by atoms with E-state index in [-0.39, 0.29) is 11.9 Å². The molecule has 0 bridgehead atoms. The number of carbonyl (C=O) groups is 1. The average Bonchev–Trinajstić information content (AvgIpc) is 2.38. The maximum absolute atomic E-state index is 12.3. The molecule has 1 rings (SSSR count). The highest BCUT2D eigenvalue weighted by atomic mass is 16.2. The van der Waals surface area contributed by atoms with Gasteiger partial charge in [0, 0.05) is 32.0 Å². The lowest BCUT2D eigenvalue weighted by molar-refractivity contribution is 0.0747. The van der Waals surface area contributed by atoms with Gasteiger partial charge in [0.1, 0.15) is 0 Å². The first-order chi connectivity index (χ1) is 8.61. The van der Waals surface area contributed by atoms with Gasteiger partial charge in [0.2, 0.25) is 0 Å². The van der Waals surface area contributed by atoms with Crippen molar-refractivity contribution < 1.29 is 4.79 Å². The summed E-state index contributed by atoms with van der Waals surface area (Å²) in [6.45, 7) is 4.56. The molecule has 0 fully saturated rings. The van der Waals surface area contributed by atoms with Crippen LogP contribution in [0.4, 0.5) is 5.69 Å². The molecule has 0 saturated carbocycles. The SMILES string of the molecule is CCNc1ccncc1C(=O)N(C)C(C)CC#N. The molecule has 1 N–H and O–H groups in total. The summed E-state index contributed by atoms with van der Waals surface area (Å²) in [6, 6.07) is 3.73. The highest BCUT2D eigenvalue weighted by molar-refractivity contribution is 5.99. The molecule has 18 heavy (non-hydrogen) atoms. The molecular weight excluding hydrogens is 228 g/mol. The zero-order chi connectivity index (χ0) is 13.5. The Hall–Kier alpha value is -2.09. The molecule has 5 heteroatoms. The predicted octanol–water partition coefficient (Wildman–Crippen LogP) is 1.89. The normalized spacial score (nSPS) is 11.4. The second-order valence-electron chi connectivity index (χ2n) is 4.08. The van der Waals surface area contributed by atoms with Crippen LogP contribution < -0.4 is 5.32 Å². The van der Waals surface area contributed by atoms with Gasteiger partial charge in [-0.3, -0.25) is 9.78 Å². The molecular formula is C13H18N4O. The third-order valence-corrected chi connectivity index (χ3v) is 2.79. The molecule has 0 aromatic carbocycles. The number of anilines is 1. The van der Waals surface area contributed by atoms with E-state index < -0.39 is 0 Å². The summed E-state index contributed by atoms with van der Waals surface area (Å²) in [5.41, 5.74) is 1.31. The lowest BCUT2D eigenvalue weighted by atomic mass is 10.1. The van der Waals surface area contributed by atoms with E-state index in [1.807, 2.05) is 13.8 Å². The van der Waals surface area contributed by atoms with Gasteiger partial charge in [-0.2, -0.15) is 5.26 Å². The van der Waals surface area contributed by atoms with Gasteiger partial charge < -0.3 is 10.2 Å². The van der Waals surface area contributed by atoms with E-state index in [1.165, 1.54) is 0 Å². The van der Waals surface area contributed by atoms with Crippen LogP contribution in [0.3, 0.4) is 0 Å². The third-order valence-electron chi connectivity index (χ3n) is 2.79. The van der Waals surface area contributed by atoms with E-state index >= 15 is 0 Å². The minimum atomic E-state index is -0.123. The van der Waals surface area contributed by atoms with Gasteiger partial charge in [-0.25, -0.2) is 0 Å². The van der Waals surface area contributed by atoms with Crippen molar-refractivity contribution in [3.05, 3.63) is 24.0 Å². The maximum Gasteiger partial charge on any atom is 0.257 e. The fourth-order valence-electron chi connectivity index (χ4n) is 1.57. The molecule has 1 unspecified atom stereocenters. The van der Waals surface area contributed by atoms with Crippen LogP contribution >= 0.6 is 0 Å². The molecule has 0 aliphatic carbocycles. The fourth-order valence-corrected chi connectivity index (χ4v) is 1.57. The van der Waals surface area contributed by atoms with Crippen LogP contribution in [0.15, 0.2) is 18.5 Å². The molecule has 1 atom stereocenters. The van der Waals surface area contributed by atoms with Crippen molar-refractivity contribution >= 4 is 11.6 Å². The number of nitrogens with one attached hydrogen (secondary N) is 1. The molecule has 0 spiro atoms. The van der Waals surface area contributed by atoms with E-state index in [4.69, 9.17) is 5.26 Å². The molecule has 96 valence electrons. The Morgan fingerprint density at radius 3 is 3.00 bits per heavy atom. The number of nitrogens with zero attached hydrogens (tertiary/aromatic N) is 3. The molecule has 1 aromatic heterocycles. The Labute approximate surface area is 107 Å². The lowest BCUT2D eigenvalue weighted by Crippen LogP contribution is -2.35. The maximum atomic E-state index is 12.3. The fraction of sp³-hybridized carbons (Fsp3) is 0.462. The third kappa shape index (κ3) is 3.20. The van der Waals surface area contributed by atoms with Crippen molar-refractivity contribution in [2.24, 2.45) is 0 Å². The second-order valence-corrected chi connectivity index (χ2v) is 4.08. The number of nitriles is 1. The highest BCUT2D eigenvalue weighted by Crippen LogP contribution is 2.16. The van der Waals surface area contributed by atoms with E-state index in [1.54, 1.807) is 30.4 Å². The van der Waals surface area contributed by atoms with Crippen molar-refractivity contribution in [2.45, 2.75) is 26.3 Å². The quantitative estimate of drug-likeness (QED) is 0.861. The Morgan fingerprint density at radius 1 is 1.67 bits per heavy atom. The number of aromatic nitrogens is 1. The van der Waals surface area contributed by atoms with Crippen LogP contribution in [0.2, 0.25) is 0 Å². The molecule has 0 saturated heterocycles. The zero-order valence-corrected chi connectivity index (χ0v) is 11.0. The summed E-state index contributed by atoms with van der Waals surface area (Å²) in [7, 11) is 1.70. The number of carbonyl (C=O) groups excluding carboxylic acids is 1. The lowest BCUT2D eigenvalue weighted by Gasteiger charge is -2.24. The summed E-state index contributed by atoms with van der Waals surface area (Å²) in [5.74, 6) is -0.123. The van der Waals surface area contributed by atoms with E-state index in [0.29, 0.717) is 12.0 Å². The van der Waals surface area contributed by atoms with Gasteiger partial charge in [-0.1, -0.05) is 0 Å². The van der Waals surface area contributed by atoms with E-state index in [9.17, 15) is 4.79 Å². The van der Waals surface area contributed by atoms with Crippen molar-refractivity contribution in [3.8, 4) is 6.07 Å². The summed E-state index contributed by atoms with van der Waals surface area (Å²) in [6.07, 6.45) is 3.52. The smallest absolute Gasteiger partial charge is 0.257 e. The Morgan fingerprint density at radius 2 is 2.39 bits per heavy atom. The molecule has 1 aromatic rings. The average molecular weight is 246 g/mol. The van der Waals surface area contributed by atoms with Crippen molar-refractivity contribution in [1.82, 2.24) is 9.88 Å². The van der Waals surface area contributed by atoms with Crippen molar-refractivity contribution in [2.75, 3.05) is 18.9 Å². The Balaban J connectivity index is 2.93. The molecule has 0 aliphatic heterocycles. The van der Waals surface area contributed by atoms with Gasteiger partial charge in [-0.15, -0.1) is 0 Å². The van der Waals surface area contributed by atoms with Gasteiger partial charge in [0.25, 0.3) is 5.91 Å². The van der Waals surface area contributed by atoms with E-state index in [2.05, 4.69) is 16.4 Å². The van der Waals surface area contributed by atoms with Gasteiger partial charge in [0.05, 0.1) is 23.7 Å². The summed E-state index contributed by atoms with van der Waals surface area (Å²) < 4.78 is 0. The van der Waals surface area contributed by atoms with Gasteiger partial charge in [-0.05, 0) is 19.9 Å². The largest absolute Gasteiger partial charge is 0.385 e. The van der Waals surface area contributed by atoms with Crippen LogP contribution in [0.5, 0.6) is 0 Å². The first-order valence-electron chi connectivity index (χ1n) is 5.93. The number of pyridine rings is 1. The zero-order valence-electron chi connectivity index (χ0n) is 11.0. The topological polar surface area (TPSA) is 69.0 Å². The summed E-state index contributed by atoms with van der Waals surface area (Å²) in [5, 5.41) is 11.8. The monoisotopic (exact) mass is 246 g/mol. The van der Waals surface area contributed by atoms with Crippen molar-refractivity contribution in [3.63, 3.8) is 0 Å². The highest BCUT2D eigenvalue weighted by Gasteiger charge is 2.19. The van der Waals surface area contributed by atoms with Crippen LogP contribution in [-0.4, -0.2) is 35.4 Å². The van der Waals surface area contributed by atoms with Crippen molar-refractivity contribution in [1.29, 1.82) is 5.26 Å². The first-order valence-corrected chi connectivity index (χ1v) is 5.93. The van der Waals surface area contributed by atoms with E-state index in [0.717, 1.165) is 12.2 Å². The first kappa shape index (κ1) is 14.0. The number of hydrogen-bond acceptors (Lipinski definition) is 4. The standard InChI is InChI=1S/C13H18N4O/c1-4-16-12-6-8-15-9-11(12)13(18)17(3)10(2)5-7-14/h6,8-10H,4-5H2,1-3H3,(H,15,16). The number of amides is 1. The van der Waals surface area contributed by atoms with Gasteiger partial charge in [0.15, 0.2) is 0 Å². The summed E-state index contributed by atoms with van der Waals surface area (Å²) in [4.78, 5) is 17.8. The second kappa shape index (κ2) is 6.60.